The van der Waals surface area contributed by atoms with Crippen LogP contribution in [-0.4, -0.2) is 47.2 Å². The normalized spacial score (nSPS) is 25.6. The van der Waals surface area contributed by atoms with Crippen LogP contribution in [0.4, 0.5) is 0 Å². The van der Waals surface area contributed by atoms with Gasteiger partial charge in [0.05, 0.1) is 25.4 Å². The Hall–Kier alpha value is -0.160. The van der Waals surface area contributed by atoms with Crippen molar-refractivity contribution >= 4 is 0 Å². The van der Waals surface area contributed by atoms with E-state index in [9.17, 15) is 15.3 Å². The number of aliphatic hydroxyl groups is 3. The van der Waals surface area contributed by atoms with E-state index in [4.69, 9.17) is 0 Å². The molecule has 0 aromatic heterocycles. The lowest BCUT2D eigenvalue weighted by atomic mass is 9.70. The van der Waals surface area contributed by atoms with E-state index in [-0.39, 0.29) is 19.8 Å². The van der Waals surface area contributed by atoms with E-state index in [0.717, 1.165) is 12.5 Å². The molecule has 0 bridgehead atoms. The average molecular weight is 273 g/mol. The van der Waals surface area contributed by atoms with Crippen molar-refractivity contribution in [1.82, 2.24) is 5.32 Å². The molecule has 0 unspecified atom stereocenters. The zero-order valence-electron chi connectivity index (χ0n) is 12.7. The summed E-state index contributed by atoms with van der Waals surface area (Å²) in [6.07, 6.45) is 4.88. The van der Waals surface area contributed by atoms with Crippen LogP contribution in [0.15, 0.2) is 0 Å². The minimum atomic E-state index is -0.930. The second-order valence-electron chi connectivity index (χ2n) is 7.22. The molecule has 114 valence electrons. The molecule has 4 nitrogen and oxygen atoms in total. The Morgan fingerprint density at radius 1 is 0.895 bits per heavy atom. The van der Waals surface area contributed by atoms with Crippen LogP contribution in [0.5, 0.6) is 0 Å². The van der Waals surface area contributed by atoms with Crippen LogP contribution >= 0.6 is 0 Å². The second kappa shape index (κ2) is 7.02. The van der Waals surface area contributed by atoms with E-state index in [1.165, 1.54) is 25.7 Å². The summed E-state index contributed by atoms with van der Waals surface area (Å²) in [5.41, 5.74) is -0.537. The maximum atomic E-state index is 9.27. The van der Waals surface area contributed by atoms with Gasteiger partial charge in [0.1, 0.15) is 0 Å². The molecule has 0 aliphatic heterocycles. The molecular weight excluding hydrogens is 242 g/mol. The molecule has 0 spiro atoms. The van der Waals surface area contributed by atoms with Crippen LogP contribution < -0.4 is 5.32 Å². The number of aliphatic hydroxyl groups excluding tert-OH is 3. The molecule has 0 amide bonds. The summed E-state index contributed by atoms with van der Waals surface area (Å²) in [4.78, 5) is 0. The zero-order valence-corrected chi connectivity index (χ0v) is 12.7. The molecule has 4 N–H and O–H groups in total. The summed E-state index contributed by atoms with van der Waals surface area (Å²) in [5.74, 6) is 1.38. The Kier molecular flexibility index (Phi) is 6.24. The largest absolute Gasteiger partial charge is 0.394 e. The smallest absolute Gasteiger partial charge is 0.0881 e. The molecule has 1 aliphatic carbocycles. The molecule has 1 saturated carbocycles. The quantitative estimate of drug-likeness (QED) is 0.586. The van der Waals surface area contributed by atoms with Gasteiger partial charge in [-0.2, -0.15) is 0 Å². The van der Waals surface area contributed by atoms with Gasteiger partial charge < -0.3 is 20.6 Å². The Labute approximate surface area is 117 Å². The maximum Gasteiger partial charge on any atom is 0.0881 e. The van der Waals surface area contributed by atoms with Crippen LogP contribution in [0.3, 0.4) is 0 Å². The number of rotatable bonds is 6. The minimum Gasteiger partial charge on any atom is -0.394 e. The highest BCUT2D eigenvalue weighted by Gasteiger charge is 2.32. The Bertz CT molecular complexity index is 242. The van der Waals surface area contributed by atoms with Crippen LogP contribution in [-0.2, 0) is 0 Å². The first-order valence-corrected chi connectivity index (χ1v) is 7.44. The van der Waals surface area contributed by atoms with Crippen molar-refractivity contribution in [2.75, 3.05) is 26.4 Å². The van der Waals surface area contributed by atoms with Crippen LogP contribution in [0.25, 0.3) is 0 Å². The summed E-state index contributed by atoms with van der Waals surface area (Å²) in [5, 5.41) is 31.0. The fourth-order valence-electron chi connectivity index (χ4n) is 2.91. The molecule has 0 saturated heterocycles. The molecule has 4 heteroatoms. The van der Waals surface area contributed by atoms with E-state index < -0.39 is 5.54 Å². The standard InChI is InChI=1S/C15H31NO3/c1-14(2,3)13-6-4-12(5-7-13)8-16-15(9-17,10-18)11-19/h12-13,16-19H,4-11H2,1-3H3. The Balaban J connectivity index is 2.37. The van der Waals surface area contributed by atoms with Gasteiger partial charge in [-0.15, -0.1) is 0 Å². The molecule has 1 rings (SSSR count). The van der Waals surface area contributed by atoms with Crippen molar-refractivity contribution in [3.63, 3.8) is 0 Å². The van der Waals surface area contributed by atoms with Crippen molar-refractivity contribution in [3.05, 3.63) is 0 Å². The van der Waals surface area contributed by atoms with Gasteiger partial charge in [0.25, 0.3) is 0 Å². The second-order valence-corrected chi connectivity index (χ2v) is 7.22. The third-order valence-corrected chi connectivity index (χ3v) is 4.75. The van der Waals surface area contributed by atoms with Gasteiger partial charge in [0.15, 0.2) is 0 Å². The maximum absolute atomic E-state index is 9.27. The van der Waals surface area contributed by atoms with E-state index in [1.54, 1.807) is 0 Å². The molecule has 1 aliphatic rings. The van der Waals surface area contributed by atoms with E-state index in [0.29, 0.717) is 11.3 Å². The fraction of sp³-hybridized carbons (Fsp3) is 1.00. The van der Waals surface area contributed by atoms with Gasteiger partial charge in [0, 0.05) is 0 Å². The lowest BCUT2D eigenvalue weighted by Gasteiger charge is -2.38. The van der Waals surface area contributed by atoms with Crippen LogP contribution in [0.1, 0.15) is 46.5 Å². The highest BCUT2D eigenvalue weighted by molar-refractivity contribution is 4.88. The molecule has 0 radical (unpaired) electrons. The lowest BCUT2D eigenvalue weighted by molar-refractivity contribution is 0.0366. The highest BCUT2D eigenvalue weighted by Crippen LogP contribution is 2.39. The molecule has 1 fully saturated rings. The van der Waals surface area contributed by atoms with Crippen molar-refractivity contribution in [3.8, 4) is 0 Å². The molecule has 0 heterocycles. The molecule has 0 aromatic rings. The first kappa shape index (κ1) is 16.9. The predicted molar refractivity (Wildman–Crippen MR) is 76.9 cm³/mol. The van der Waals surface area contributed by atoms with Gasteiger partial charge >= 0.3 is 0 Å². The Morgan fingerprint density at radius 3 is 1.74 bits per heavy atom. The van der Waals surface area contributed by atoms with Crippen molar-refractivity contribution in [1.29, 1.82) is 0 Å². The van der Waals surface area contributed by atoms with Gasteiger partial charge in [-0.25, -0.2) is 0 Å². The summed E-state index contributed by atoms with van der Waals surface area (Å²) >= 11 is 0. The van der Waals surface area contributed by atoms with Gasteiger partial charge in [-0.05, 0) is 49.5 Å². The first-order chi connectivity index (χ1) is 8.87. The summed E-state index contributed by atoms with van der Waals surface area (Å²) < 4.78 is 0. The summed E-state index contributed by atoms with van der Waals surface area (Å²) in [6.45, 7) is 6.98. The van der Waals surface area contributed by atoms with Crippen molar-refractivity contribution < 1.29 is 15.3 Å². The van der Waals surface area contributed by atoms with E-state index >= 15 is 0 Å². The highest BCUT2D eigenvalue weighted by atomic mass is 16.3. The minimum absolute atomic E-state index is 0.239. The van der Waals surface area contributed by atoms with Gasteiger partial charge in [-0.3, -0.25) is 0 Å². The van der Waals surface area contributed by atoms with Crippen LogP contribution in [0, 0.1) is 17.3 Å². The monoisotopic (exact) mass is 273 g/mol. The van der Waals surface area contributed by atoms with Gasteiger partial charge in [-0.1, -0.05) is 20.8 Å². The number of hydrogen-bond donors (Lipinski definition) is 4. The summed E-state index contributed by atoms with van der Waals surface area (Å²) in [6, 6.07) is 0. The SMILES string of the molecule is CC(C)(C)C1CCC(CNC(CO)(CO)CO)CC1. The van der Waals surface area contributed by atoms with Crippen molar-refractivity contribution in [2.24, 2.45) is 17.3 Å². The number of hydrogen-bond acceptors (Lipinski definition) is 4. The topological polar surface area (TPSA) is 72.7 Å². The summed E-state index contributed by atoms with van der Waals surface area (Å²) in [7, 11) is 0. The third kappa shape index (κ3) is 4.71. The van der Waals surface area contributed by atoms with Crippen molar-refractivity contribution in [2.45, 2.75) is 52.0 Å². The van der Waals surface area contributed by atoms with E-state index in [2.05, 4.69) is 26.1 Å². The zero-order chi connectivity index (χ0) is 14.5. The predicted octanol–water partition coefficient (Wildman–Crippen LogP) is 1.14. The average Bonchev–Trinajstić information content (AvgIpc) is 2.40. The third-order valence-electron chi connectivity index (χ3n) is 4.75. The fourth-order valence-corrected chi connectivity index (χ4v) is 2.91. The molecular formula is C15H31NO3. The van der Waals surface area contributed by atoms with Crippen LogP contribution in [0.2, 0.25) is 0 Å². The van der Waals surface area contributed by atoms with E-state index in [1.807, 2.05) is 0 Å². The first-order valence-electron chi connectivity index (χ1n) is 7.44. The molecule has 0 aromatic carbocycles. The molecule has 0 atom stereocenters. The number of nitrogens with one attached hydrogen (secondary N) is 1. The van der Waals surface area contributed by atoms with Gasteiger partial charge in [0.2, 0.25) is 0 Å². The Morgan fingerprint density at radius 2 is 1.37 bits per heavy atom. The lowest BCUT2D eigenvalue weighted by Crippen LogP contribution is -2.56. The molecule has 19 heavy (non-hydrogen) atoms.